The zero-order chi connectivity index (χ0) is 20.8. The number of carbonyl (C=O) groups excluding carboxylic acids is 1. The van der Waals surface area contributed by atoms with Gasteiger partial charge in [0, 0.05) is 16.7 Å². The van der Waals surface area contributed by atoms with Crippen molar-refractivity contribution in [1.29, 1.82) is 0 Å². The Morgan fingerprint density at radius 1 is 1.24 bits per heavy atom. The molecule has 2 aromatic carbocycles. The molecule has 6 nitrogen and oxygen atoms in total. The van der Waals surface area contributed by atoms with Crippen LogP contribution in [0.5, 0.6) is 5.75 Å². The van der Waals surface area contributed by atoms with Crippen LogP contribution in [-0.2, 0) is 11.3 Å². The molecule has 0 saturated carbocycles. The summed E-state index contributed by atoms with van der Waals surface area (Å²) in [6, 6.07) is 15.4. The van der Waals surface area contributed by atoms with Gasteiger partial charge in [0.15, 0.2) is 17.1 Å². The molecule has 1 heterocycles. The van der Waals surface area contributed by atoms with Gasteiger partial charge in [-0.15, -0.1) is 10.2 Å². The molecule has 29 heavy (non-hydrogen) atoms. The first-order valence-electron chi connectivity index (χ1n) is 9.31. The lowest BCUT2D eigenvalue weighted by atomic mass is 10.2. The van der Waals surface area contributed by atoms with Crippen molar-refractivity contribution in [1.82, 2.24) is 14.8 Å². The number of hydrogen-bond acceptors (Lipinski definition) is 5. The maximum Gasteiger partial charge on any atom is 0.234 e. The van der Waals surface area contributed by atoms with Gasteiger partial charge in [-0.25, -0.2) is 0 Å². The van der Waals surface area contributed by atoms with Crippen LogP contribution in [-0.4, -0.2) is 26.4 Å². The average Bonchev–Trinajstić information content (AvgIpc) is 3.13. The summed E-state index contributed by atoms with van der Waals surface area (Å²) in [6.07, 6.45) is -0.251. The van der Waals surface area contributed by atoms with E-state index >= 15 is 0 Å². The van der Waals surface area contributed by atoms with Gasteiger partial charge in [-0.05, 0) is 56.7 Å². The van der Waals surface area contributed by atoms with E-state index in [1.54, 1.807) is 0 Å². The SMILES string of the molecule is CCn1c(SCC(=O)Nc2ccc(Br)c(C)c2)nnc1[C@@H](C)Oc1ccccc1. The highest BCUT2D eigenvalue weighted by molar-refractivity contribution is 9.10. The molecule has 3 rings (SSSR count). The zero-order valence-corrected chi connectivity index (χ0v) is 19.0. The predicted octanol–water partition coefficient (Wildman–Crippen LogP) is 5.24. The van der Waals surface area contributed by atoms with Crippen LogP contribution in [0, 0.1) is 6.92 Å². The predicted molar refractivity (Wildman–Crippen MR) is 119 cm³/mol. The van der Waals surface area contributed by atoms with Crippen molar-refractivity contribution in [2.45, 2.75) is 38.6 Å². The van der Waals surface area contributed by atoms with Gasteiger partial charge in [0.2, 0.25) is 5.91 Å². The Kier molecular flexibility index (Phi) is 7.33. The number of nitrogens with zero attached hydrogens (tertiary/aromatic N) is 3. The van der Waals surface area contributed by atoms with E-state index in [2.05, 4.69) is 31.4 Å². The van der Waals surface area contributed by atoms with Gasteiger partial charge < -0.3 is 14.6 Å². The maximum absolute atomic E-state index is 12.3. The molecule has 0 fully saturated rings. The first-order valence-corrected chi connectivity index (χ1v) is 11.1. The minimum absolute atomic E-state index is 0.0856. The van der Waals surface area contributed by atoms with Gasteiger partial charge in [0.05, 0.1) is 5.75 Å². The number of anilines is 1. The van der Waals surface area contributed by atoms with Gasteiger partial charge in [-0.2, -0.15) is 0 Å². The Hall–Kier alpha value is -2.32. The van der Waals surface area contributed by atoms with E-state index in [9.17, 15) is 4.79 Å². The molecule has 0 spiro atoms. The van der Waals surface area contributed by atoms with Gasteiger partial charge in [0.25, 0.3) is 0 Å². The number of thioether (sulfide) groups is 1. The van der Waals surface area contributed by atoms with Crippen LogP contribution in [0.15, 0.2) is 58.2 Å². The third kappa shape index (κ3) is 5.61. The van der Waals surface area contributed by atoms with E-state index in [-0.39, 0.29) is 17.8 Å². The molecule has 0 saturated heterocycles. The Labute approximate surface area is 183 Å². The summed E-state index contributed by atoms with van der Waals surface area (Å²) in [5.41, 5.74) is 1.84. The smallest absolute Gasteiger partial charge is 0.234 e. The molecular formula is C21H23BrN4O2S. The number of ether oxygens (including phenoxy) is 1. The molecule has 0 radical (unpaired) electrons. The summed E-state index contributed by atoms with van der Waals surface area (Å²) in [5.74, 6) is 1.69. The Morgan fingerprint density at radius 2 is 2.00 bits per heavy atom. The Morgan fingerprint density at radius 3 is 2.69 bits per heavy atom. The number of halogens is 1. The van der Waals surface area contributed by atoms with E-state index in [0.29, 0.717) is 11.7 Å². The molecule has 1 atom stereocenters. The van der Waals surface area contributed by atoms with Crippen LogP contribution in [0.25, 0.3) is 0 Å². The molecule has 1 N–H and O–H groups in total. The summed E-state index contributed by atoms with van der Waals surface area (Å²) in [5, 5.41) is 12.2. The topological polar surface area (TPSA) is 69.0 Å². The minimum atomic E-state index is -0.251. The third-order valence-corrected chi connectivity index (χ3v) is 6.11. The van der Waals surface area contributed by atoms with Crippen LogP contribution in [0.4, 0.5) is 5.69 Å². The summed E-state index contributed by atoms with van der Waals surface area (Å²) >= 11 is 4.83. The monoisotopic (exact) mass is 474 g/mol. The van der Waals surface area contributed by atoms with E-state index in [1.807, 2.05) is 73.9 Å². The Bertz CT molecular complexity index is 978. The maximum atomic E-state index is 12.3. The van der Waals surface area contributed by atoms with Gasteiger partial charge >= 0.3 is 0 Å². The fourth-order valence-corrected chi connectivity index (χ4v) is 3.87. The van der Waals surface area contributed by atoms with E-state index in [4.69, 9.17) is 4.74 Å². The second-order valence-electron chi connectivity index (χ2n) is 6.46. The van der Waals surface area contributed by atoms with E-state index in [1.165, 1.54) is 11.8 Å². The lowest BCUT2D eigenvalue weighted by Crippen LogP contribution is -2.15. The number of carbonyl (C=O) groups is 1. The summed E-state index contributed by atoms with van der Waals surface area (Å²) in [6.45, 7) is 6.65. The van der Waals surface area contributed by atoms with Crippen molar-refractivity contribution < 1.29 is 9.53 Å². The van der Waals surface area contributed by atoms with Gasteiger partial charge in [-0.3, -0.25) is 4.79 Å². The Balaban J connectivity index is 1.62. The zero-order valence-electron chi connectivity index (χ0n) is 16.6. The lowest BCUT2D eigenvalue weighted by Gasteiger charge is -2.15. The fraction of sp³-hybridized carbons (Fsp3) is 0.286. The molecule has 8 heteroatoms. The largest absolute Gasteiger partial charge is 0.483 e. The molecule has 0 aliphatic heterocycles. The second kappa shape index (κ2) is 9.93. The molecule has 3 aromatic rings. The quantitative estimate of drug-likeness (QED) is 0.452. The normalized spacial score (nSPS) is 11.9. The van der Waals surface area contributed by atoms with Crippen LogP contribution in [0.3, 0.4) is 0 Å². The van der Waals surface area contributed by atoms with Crippen molar-refractivity contribution >= 4 is 39.3 Å². The third-order valence-electron chi connectivity index (χ3n) is 4.26. The highest BCUT2D eigenvalue weighted by Crippen LogP contribution is 2.25. The number of amides is 1. The van der Waals surface area contributed by atoms with Crippen LogP contribution >= 0.6 is 27.7 Å². The molecule has 1 aromatic heterocycles. The van der Waals surface area contributed by atoms with Crippen LogP contribution < -0.4 is 10.1 Å². The number of aromatic nitrogens is 3. The van der Waals surface area contributed by atoms with Gasteiger partial charge in [0.1, 0.15) is 5.75 Å². The summed E-state index contributed by atoms with van der Waals surface area (Å²) in [7, 11) is 0. The molecule has 0 aliphatic rings. The summed E-state index contributed by atoms with van der Waals surface area (Å²) < 4.78 is 8.96. The van der Waals surface area contributed by atoms with E-state index < -0.39 is 0 Å². The number of rotatable bonds is 8. The first-order chi connectivity index (χ1) is 14.0. The number of nitrogens with one attached hydrogen (secondary N) is 1. The number of benzene rings is 2. The second-order valence-corrected chi connectivity index (χ2v) is 8.26. The van der Waals surface area contributed by atoms with Crippen LogP contribution in [0.2, 0.25) is 0 Å². The highest BCUT2D eigenvalue weighted by Gasteiger charge is 2.19. The molecule has 152 valence electrons. The fourth-order valence-electron chi connectivity index (χ4n) is 2.81. The van der Waals surface area contributed by atoms with Crippen molar-refractivity contribution in [3.8, 4) is 5.75 Å². The average molecular weight is 475 g/mol. The standard InChI is InChI=1S/C21H23BrN4O2S/c1-4-26-20(15(3)28-17-8-6-5-7-9-17)24-25-21(26)29-13-19(27)23-16-10-11-18(22)14(2)12-16/h5-12,15H,4,13H2,1-3H3,(H,23,27)/t15-/m1/s1. The summed E-state index contributed by atoms with van der Waals surface area (Å²) in [4.78, 5) is 12.3. The van der Waals surface area contributed by atoms with Gasteiger partial charge in [-0.1, -0.05) is 45.9 Å². The number of para-hydroxylation sites is 1. The molecule has 1 amide bonds. The van der Waals surface area contributed by atoms with E-state index in [0.717, 1.165) is 27.3 Å². The van der Waals surface area contributed by atoms with Crippen molar-refractivity contribution in [3.05, 3.63) is 64.4 Å². The minimum Gasteiger partial charge on any atom is -0.483 e. The molecule has 0 bridgehead atoms. The number of hydrogen-bond donors (Lipinski definition) is 1. The highest BCUT2D eigenvalue weighted by atomic mass is 79.9. The lowest BCUT2D eigenvalue weighted by molar-refractivity contribution is -0.113. The van der Waals surface area contributed by atoms with Crippen molar-refractivity contribution in [2.75, 3.05) is 11.1 Å². The molecule has 0 aliphatic carbocycles. The molecule has 0 unspecified atom stereocenters. The molecular weight excluding hydrogens is 452 g/mol. The first kappa shape index (κ1) is 21.4. The van der Waals surface area contributed by atoms with Crippen LogP contribution in [0.1, 0.15) is 31.3 Å². The van der Waals surface area contributed by atoms with Crippen molar-refractivity contribution in [2.24, 2.45) is 0 Å². The van der Waals surface area contributed by atoms with Crippen molar-refractivity contribution in [3.63, 3.8) is 0 Å². The number of aryl methyl sites for hydroxylation is 1.